The fraction of sp³-hybridized carbons (Fsp3) is 0.417. The molecule has 0 saturated carbocycles. The van der Waals surface area contributed by atoms with E-state index in [1.54, 1.807) is 0 Å². The summed E-state index contributed by atoms with van der Waals surface area (Å²) in [6, 6.07) is 5.70. The minimum absolute atomic E-state index is 0.491. The van der Waals surface area contributed by atoms with Crippen molar-refractivity contribution in [2.24, 2.45) is 0 Å². The largest absolute Gasteiger partial charge is 0.399 e. The minimum Gasteiger partial charge on any atom is -0.399 e. The second-order valence-corrected chi connectivity index (χ2v) is 4.24. The monoisotopic (exact) mass is 218 g/mol. The molecular weight excluding hydrogens is 200 g/mol. The number of nitrogens with two attached hydrogens (primary N) is 1. The van der Waals surface area contributed by atoms with Gasteiger partial charge in [0, 0.05) is 24.5 Å². The molecule has 4 nitrogen and oxygen atoms in total. The molecule has 1 aromatic carbocycles. The van der Waals surface area contributed by atoms with Crippen molar-refractivity contribution < 1.29 is 0 Å². The Hall–Kier alpha value is -1.71. The summed E-state index contributed by atoms with van der Waals surface area (Å²) in [7, 11) is 0. The number of aryl methyl sites for hydroxylation is 1. The first-order valence-corrected chi connectivity index (χ1v) is 5.63. The molecule has 1 saturated heterocycles. The van der Waals surface area contributed by atoms with Gasteiger partial charge < -0.3 is 16.0 Å². The van der Waals surface area contributed by atoms with Gasteiger partial charge in [0.05, 0.1) is 0 Å². The van der Waals surface area contributed by atoms with Gasteiger partial charge in [-0.3, -0.25) is 5.41 Å². The summed E-state index contributed by atoms with van der Waals surface area (Å²) in [5, 5.41) is 11.1. The first-order valence-electron chi connectivity index (χ1n) is 5.63. The van der Waals surface area contributed by atoms with Crippen molar-refractivity contribution in [3.05, 3.63) is 23.8 Å². The summed E-state index contributed by atoms with van der Waals surface area (Å²) in [5.74, 6) is 0.491. The lowest BCUT2D eigenvalue weighted by Gasteiger charge is -2.20. The normalized spacial score (nSPS) is 15.2. The number of guanidine groups is 1. The van der Waals surface area contributed by atoms with Crippen LogP contribution < -0.4 is 11.1 Å². The summed E-state index contributed by atoms with van der Waals surface area (Å²) in [6.07, 6.45) is 2.37. The third-order valence-corrected chi connectivity index (χ3v) is 2.93. The van der Waals surface area contributed by atoms with Crippen molar-refractivity contribution in [1.82, 2.24) is 4.90 Å². The summed E-state index contributed by atoms with van der Waals surface area (Å²) in [4.78, 5) is 2.07. The van der Waals surface area contributed by atoms with Gasteiger partial charge in [0.15, 0.2) is 5.96 Å². The molecule has 0 unspecified atom stereocenters. The van der Waals surface area contributed by atoms with Crippen molar-refractivity contribution in [3.63, 3.8) is 0 Å². The zero-order chi connectivity index (χ0) is 11.5. The van der Waals surface area contributed by atoms with Gasteiger partial charge in [-0.1, -0.05) is 0 Å². The Kier molecular flexibility index (Phi) is 2.99. The lowest BCUT2D eigenvalue weighted by molar-refractivity contribution is 0.514. The summed E-state index contributed by atoms with van der Waals surface area (Å²) >= 11 is 0. The van der Waals surface area contributed by atoms with Crippen LogP contribution in [-0.2, 0) is 0 Å². The van der Waals surface area contributed by atoms with E-state index in [2.05, 4.69) is 10.2 Å². The zero-order valence-corrected chi connectivity index (χ0v) is 9.59. The molecule has 1 heterocycles. The van der Waals surface area contributed by atoms with Gasteiger partial charge in [-0.25, -0.2) is 0 Å². The van der Waals surface area contributed by atoms with Gasteiger partial charge in [0.2, 0.25) is 0 Å². The van der Waals surface area contributed by atoms with Gasteiger partial charge in [-0.15, -0.1) is 0 Å². The number of nitrogens with zero attached hydrogens (tertiary/aromatic N) is 1. The molecular formula is C12H18N4. The summed E-state index contributed by atoms with van der Waals surface area (Å²) in [5.41, 5.74) is 8.49. The van der Waals surface area contributed by atoms with Crippen LogP contribution in [0, 0.1) is 12.3 Å². The number of nitrogens with one attached hydrogen (secondary N) is 2. The smallest absolute Gasteiger partial charge is 0.195 e. The van der Waals surface area contributed by atoms with E-state index in [1.807, 2.05) is 25.1 Å². The second kappa shape index (κ2) is 4.43. The molecule has 4 heteroatoms. The third-order valence-electron chi connectivity index (χ3n) is 2.93. The lowest BCUT2D eigenvalue weighted by Crippen LogP contribution is -2.33. The number of rotatable bonds is 1. The summed E-state index contributed by atoms with van der Waals surface area (Å²) in [6.45, 7) is 3.97. The predicted octanol–water partition coefficient (Wildman–Crippen LogP) is 2.02. The predicted molar refractivity (Wildman–Crippen MR) is 67.7 cm³/mol. The molecule has 0 spiro atoms. The topological polar surface area (TPSA) is 65.1 Å². The average molecular weight is 218 g/mol. The molecule has 0 radical (unpaired) electrons. The van der Waals surface area contributed by atoms with E-state index in [4.69, 9.17) is 11.1 Å². The highest BCUT2D eigenvalue weighted by atomic mass is 15.3. The molecule has 2 rings (SSSR count). The van der Waals surface area contributed by atoms with Gasteiger partial charge >= 0.3 is 0 Å². The van der Waals surface area contributed by atoms with Gasteiger partial charge in [0.1, 0.15) is 0 Å². The Balaban J connectivity index is 2.05. The van der Waals surface area contributed by atoms with Crippen molar-refractivity contribution in [2.75, 3.05) is 24.1 Å². The van der Waals surface area contributed by atoms with Crippen LogP contribution >= 0.6 is 0 Å². The van der Waals surface area contributed by atoms with E-state index in [1.165, 1.54) is 12.8 Å². The molecule has 1 aliphatic rings. The van der Waals surface area contributed by atoms with Crippen LogP contribution in [0.3, 0.4) is 0 Å². The summed E-state index contributed by atoms with van der Waals surface area (Å²) < 4.78 is 0. The van der Waals surface area contributed by atoms with E-state index in [9.17, 15) is 0 Å². The lowest BCUT2D eigenvalue weighted by atomic mass is 10.2. The quantitative estimate of drug-likeness (QED) is 0.384. The fourth-order valence-electron chi connectivity index (χ4n) is 1.97. The highest BCUT2D eigenvalue weighted by molar-refractivity contribution is 5.92. The van der Waals surface area contributed by atoms with E-state index in [-0.39, 0.29) is 0 Å². The molecule has 0 amide bonds. The number of benzene rings is 1. The van der Waals surface area contributed by atoms with Crippen LogP contribution in [-0.4, -0.2) is 23.9 Å². The Morgan fingerprint density at radius 3 is 2.69 bits per heavy atom. The van der Waals surface area contributed by atoms with Crippen LogP contribution in [0.5, 0.6) is 0 Å². The van der Waals surface area contributed by atoms with Gasteiger partial charge in [0.25, 0.3) is 0 Å². The van der Waals surface area contributed by atoms with E-state index < -0.39 is 0 Å². The van der Waals surface area contributed by atoms with Crippen LogP contribution in [0.2, 0.25) is 0 Å². The highest BCUT2D eigenvalue weighted by Gasteiger charge is 2.15. The van der Waals surface area contributed by atoms with Crippen molar-refractivity contribution in [3.8, 4) is 0 Å². The first kappa shape index (κ1) is 10.8. The van der Waals surface area contributed by atoms with E-state index in [0.717, 1.165) is 30.0 Å². The maximum atomic E-state index is 7.96. The van der Waals surface area contributed by atoms with Crippen molar-refractivity contribution >= 4 is 17.3 Å². The molecule has 0 aliphatic carbocycles. The minimum atomic E-state index is 0.491. The van der Waals surface area contributed by atoms with Crippen LogP contribution in [0.1, 0.15) is 18.4 Å². The molecule has 0 atom stereocenters. The SMILES string of the molecule is Cc1cc(N)ccc1NC(=N)N1CCCC1. The van der Waals surface area contributed by atoms with Crippen LogP contribution in [0.4, 0.5) is 11.4 Å². The van der Waals surface area contributed by atoms with Gasteiger partial charge in [-0.05, 0) is 43.5 Å². The van der Waals surface area contributed by atoms with Crippen molar-refractivity contribution in [1.29, 1.82) is 5.41 Å². The van der Waals surface area contributed by atoms with Gasteiger partial charge in [-0.2, -0.15) is 0 Å². The molecule has 86 valence electrons. The second-order valence-electron chi connectivity index (χ2n) is 4.24. The molecule has 1 fully saturated rings. The Morgan fingerprint density at radius 1 is 1.38 bits per heavy atom. The number of nitrogen functional groups attached to an aromatic ring is 1. The zero-order valence-electron chi connectivity index (χ0n) is 9.59. The van der Waals surface area contributed by atoms with Crippen LogP contribution in [0.25, 0.3) is 0 Å². The Morgan fingerprint density at radius 2 is 2.06 bits per heavy atom. The molecule has 4 N–H and O–H groups in total. The molecule has 1 aromatic rings. The molecule has 16 heavy (non-hydrogen) atoms. The third kappa shape index (κ3) is 2.27. The molecule has 1 aliphatic heterocycles. The number of hydrogen-bond donors (Lipinski definition) is 3. The number of anilines is 2. The molecule has 0 aromatic heterocycles. The number of hydrogen-bond acceptors (Lipinski definition) is 2. The fourth-order valence-corrected chi connectivity index (χ4v) is 1.97. The number of likely N-dealkylation sites (tertiary alicyclic amines) is 1. The average Bonchev–Trinajstić information content (AvgIpc) is 2.75. The maximum Gasteiger partial charge on any atom is 0.195 e. The van der Waals surface area contributed by atoms with E-state index >= 15 is 0 Å². The Bertz CT molecular complexity index is 394. The standard InChI is InChI=1S/C12H18N4/c1-9-8-10(13)4-5-11(9)15-12(14)16-6-2-3-7-16/h4-5,8H,2-3,6-7,13H2,1H3,(H2,14,15). The first-order chi connectivity index (χ1) is 7.66. The van der Waals surface area contributed by atoms with Crippen molar-refractivity contribution in [2.45, 2.75) is 19.8 Å². The Labute approximate surface area is 96.0 Å². The molecule has 0 bridgehead atoms. The highest BCUT2D eigenvalue weighted by Crippen LogP contribution is 2.18. The van der Waals surface area contributed by atoms with Crippen LogP contribution in [0.15, 0.2) is 18.2 Å². The van der Waals surface area contributed by atoms with E-state index in [0.29, 0.717) is 5.96 Å². The maximum absolute atomic E-state index is 7.96.